The van der Waals surface area contributed by atoms with Crippen LogP contribution in [0.2, 0.25) is 0 Å². The van der Waals surface area contributed by atoms with Gasteiger partial charge in [-0.2, -0.15) is 0 Å². The first-order valence-corrected chi connectivity index (χ1v) is 14.6. The number of imidazole rings is 1. The van der Waals surface area contributed by atoms with E-state index in [9.17, 15) is 22.0 Å². The summed E-state index contributed by atoms with van der Waals surface area (Å²) >= 11 is -1.58. The van der Waals surface area contributed by atoms with Crippen LogP contribution in [0.4, 0.5) is 13.2 Å². The number of allylic oxidation sites excluding steroid dienone is 1. The second-order valence-corrected chi connectivity index (χ2v) is 15.5. The number of furan rings is 1. The van der Waals surface area contributed by atoms with Gasteiger partial charge in [0.25, 0.3) is 0 Å². The number of hydrogen-bond donors (Lipinski definition) is 1. The Labute approximate surface area is 188 Å². The van der Waals surface area contributed by atoms with E-state index in [1.54, 1.807) is 6.08 Å². The molecule has 0 bridgehead atoms. The van der Waals surface area contributed by atoms with Gasteiger partial charge in [-0.05, 0) is 0 Å². The number of hydrogen-bond acceptors (Lipinski definition) is 4. The van der Waals surface area contributed by atoms with Gasteiger partial charge in [0, 0.05) is 0 Å². The number of aromatic amines is 1. The Balaban J connectivity index is 1.61. The Bertz CT molecular complexity index is 1580. The van der Waals surface area contributed by atoms with E-state index in [-0.39, 0.29) is 22.2 Å². The second-order valence-electron chi connectivity index (χ2n) is 7.57. The summed E-state index contributed by atoms with van der Waals surface area (Å²) in [6.45, 7) is 3.61. The van der Waals surface area contributed by atoms with Gasteiger partial charge in [0.15, 0.2) is 0 Å². The van der Waals surface area contributed by atoms with Crippen LogP contribution in [0.1, 0.15) is 19.3 Å². The van der Waals surface area contributed by atoms with Crippen molar-refractivity contribution in [2.24, 2.45) is 0 Å². The molecule has 0 spiro atoms. The number of nitrogens with zero attached hydrogens (tertiary/aromatic N) is 1. The molecular formula is C21H15F3IN2O4S-. The van der Waals surface area contributed by atoms with Crippen LogP contribution in [-0.4, -0.2) is 22.7 Å². The van der Waals surface area contributed by atoms with Crippen molar-refractivity contribution in [1.82, 2.24) is 9.55 Å². The monoisotopic (exact) mass is 575 g/mol. The number of H-pyrrole nitrogens is 1. The quantitative estimate of drug-likeness (QED) is 0.213. The molecule has 32 heavy (non-hydrogen) atoms. The van der Waals surface area contributed by atoms with Crippen LogP contribution >= 0.6 is 0 Å². The van der Waals surface area contributed by atoms with Crippen LogP contribution < -0.4 is 25.5 Å². The van der Waals surface area contributed by atoms with Crippen molar-refractivity contribution in [2.75, 3.05) is 0 Å². The zero-order chi connectivity index (χ0) is 22.8. The summed E-state index contributed by atoms with van der Waals surface area (Å²) in [6.07, 6.45) is 4.19. The molecule has 1 fully saturated rings. The molecule has 2 heterocycles. The number of benzene rings is 2. The molecule has 0 atom stereocenters. The molecule has 1 aliphatic rings. The van der Waals surface area contributed by atoms with Gasteiger partial charge in [0.1, 0.15) is 0 Å². The van der Waals surface area contributed by atoms with Crippen molar-refractivity contribution in [3.05, 3.63) is 74.7 Å². The molecule has 1 N–H and O–H groups in total. The van der Waals surface area contributed by atoms with Crippen molar-refractivity contribution in [3.8, 4) is 5.69 Å². The first-order valence-electron chi connectivity index (χ1n) is 9.50. The Morgan fingerprint density at radius 2 is 1.97 bits per heavy atom. The fraction of sp³-hybridized carbons (Fsp3) is 0.190. The fourth-order valence-electron chi connectivity index (χ4n) is 3.80. The molecule has 2 aromatic carbocycles. The molecule has 11 heteroatoms. The normalized spacial score (nSPS) is 15.6. The third-order valence-corrected chi connectivity index (χ3v) is 14.3. The Hall–Kier alpha value is -2.54. The topological polar surface area (TPSA) is 85.1 Å². The van der Waals surface area contributed by atoms with E-state index in [1.165, 1.54) is 18.2 Å². The summed E-state index contributed by atoms with van der Waals surface area (Å²) in [5, 5.41) is -0.150. The molecule has 0 unspecified atom stereocenters. The van der Waals surface area contributed by atoms with Crippen LogP contribution in [-0.2, 0) is 7.01 Å². The summed E-state index contributed by atoms with van der Waals surface area (Å²) in [4.78, 5) is 14.9. The van der Waals surface area contributed by atoms with Crippen LogP contribution in [0, 0.1) is 21.0 Å². The van der Waals surface area contributed by atoms with Gasteiger partial charge in [0.2, 0.25) is 0 Å². The summed E-state index contributed by atoms with van der Waals surface area (Å²) in [5.74, 6) is -3.47. The molecule has 4 aromatic rings. The molecule has 1 saturated carbocycles. The third-order valence-electron chi connectivity index (χ3n) is 5.61. The number of aromatic nitrogens is 2. The minimum absolute atomic E-state index is 0.0688. The predicted octanol–water partition coefficient (Wildman–Crippen LogP) is 1.18. The van der Waals surface area contributed by atoms with Crippen LogP contribution in [0.5, 0.6) is 0 Å². The molecule has 1 aliphatic carbocycles. The first-order chi connectivity index (χ1) is 15.2. The zero-order valence-corrected chi connectivity index (χ0v) is 19.3. The van der Waals surface area contributed by atoms with Gasteiger partial charge in [-0.15, -0.1) is 0 Å². The van der Waals surface area contributed by atoms with E-state index < -0.39 is 60.2 Å². The maximum absolute atomic E-state index is 15.0. The molecule has 168 valence electrons. The van der Waals surface area contributed by atoms with Crippen molar-refractivity contribution in [1.29, 1.82) is 0 Å². The van der Waals surface area contributed by atoms with Crippen LogP contribution in [0.3, 0.4) is 0 Å². The summed E-state index contributed by atoms with van der Waals surface area (Å²) in [5.41, 5.74) is -1.89. The van der Waals surface area contributed by atoms with Crippen molar-refractivity contribution in [2.45, 2.75) is 24.0 Å². The summed E-state index contributed by atoms with van der Waals surface area (Å²) in [7, 11) is -3.45. The maximum atomic E-state index is 15.0. The number of rotatable bonds is 6. The third kappa shape index (κ3) is 3.04. The average Bonchev–Trinajstić information content (AvgIpc) is 3.23. The zero-order valence-electron chi connectivity index (χ0n) is 16.3. The molecule has 0 amide bonds. The van der Waals surface area contributed by atoms with E-state index in [2.05, 4.69) is 11.6 Å². The average molecular weight is 575 g/mol. The minimum atomic E-state index is -3.45. The molecule has 0 aliphatic heterocycles. The van der Waals surface area contributed by atoms with Gasteiger partial charge in [0.05, 0.1) is 0 Å². The van der Waals surface area contributed by atoms with Crippen LogP contribution in [0.25, 0.3) is 27.7 Å². The van der Waals surface area contributed by atoms with Gasteiger partial charge in [-0.3, -0.25) is 0 Å². The van der Waals surface area contributed by atoms with E-state index in [0.717, 1.165) is 12.3 Å². The van der Waals surface area contributed by atoms with E-state index in [1.807, 2.05) is 0 Å². The molecule has 5 rings (SSSR count). The molecule has 0 saturated heterocycles. The van der Waals surface area contributed by atoms with Gasteiger partial charge >= 0.3 is 189 Å². The van der Waals surface area contributed by atoms with Crippen molar-refractivity contribution < 1.29 is 45.8 Å². The SMILES string of the molecule is C=CCC1(S(=O)(=O)[I-]c2ccc(-n3c(=O)[nH]c4c5occc5c(F)c(F)c43)c(F)c2)CC1. The number of nitrogens with one attached hydrogen (secondary N) is 1. The standard InChI is InChI=1S/C21H15F3IN2O4S/c1-2-6-21(7-8-21)32(29,30)25-11-3-4-14(13(22)10-11)27-18-16(24)15(23)12-5-9-31-19(12)17(18)26-20(27)28/h2-5,9-10H,1,6-8H2,(H,26,28)/q-1. The van der Waals surface area contributed by atoms with Gasteiger partial charge in [-0.1, -0.05) is 0 Å². The van der Waals surface area contributed by atoms with E-state index in [4.69, 9.17) is 4.42 Å². The molecular weight excluding hydrogens is 560 g/mol. The summed E-state index contributed by atoms with van der Waals surface area (Å²) in [6, 6.07) is 4.86. The molecule has 2 aromatic heterocycles. The Morgan fingerprint density at radius 3 is 2.62 bits per heavy atom. The van der Waals surface area contributed by atoms with Crippen LogP contribution in [0.15, 0.2) is 52.4 Å². The second kappa shape index (κ2) is 7.24. The molecule has 6 nitrogen and oxygen atoms in total. The van der Waals surface area contributed by atoms with E-state index >= 15 is 4.39 Å². The number of fused-ring (bicyclic) bond motifs is 3. The first kappa shape index (κ1) is 21.3. The van der Waals surface area contributed by atoms with Gasteiger partial charge in [-0.25, -0.2) is 0 Å². The summed E-state index contributed by atoms with van der Waals surface area (Å²) < 4.78 is 75.3. The van der Waals surface area contributed by atoms with Crippen molar-refractivity contribution in [3.63, 3.8) is 0 Å². The molecule has 0 radical (unpaired) electrons. The Morgan fingerprint density at radius 1 is 1.22 bits per heavy atom. The van der Waals surface area contributed by atoms with Gasteiger partial charge < -0.3 is 0 Å². The predicted molar refractivity (Wildman–Crippen MR) is 108 cm³/mol. The Kier molecular flexibility index (Phi) is 4.82. The fourth-order valence-corrected chi connectivity index (χ4v) is 11.7. The van der Waals surface area contributed by atoms with Crippen molar-refractivity contribution >= 4 is 29.0 Å². The number of halogens is 4. The van der Waals surface area contributed by atoms with E-state index in [0.29, 0.717) is 27.4 Å².